The monoisotopic (exact) mass is 214 g/mol. The van der Waals surface area contributed by atoms with Crippen LogP contribution < -0.4 is 5.32 Å². The van der Waals surface area contributed by atoms with Crippen LogP contribution in [0, 0.1) is 5.92 Å². The lowest BCUT2D eigenvalue weighted by Gasteiger charge is -2.30. The van der Waals surface area contributed by atoms with E-state index in [4.69, 9.17) is 9.47 Å². The zero-order valence-electron chi connectivity index (χ0n) is 9.58. The smallest absolute Gasteiger partial charge is 0.0623 e. The van der Waals surface area contributed by atoms with Gasteiger partial charge < -0.3 is 14.8 Å². The molecule has 1 N–H and O–H groups in total. The quantitative estimate of drug-likeness (QED) is 0.711. The lowest BCUT2D eigenvalue weighted by molar-refractivity contribution is 0.0285. The lowest BCUT2D eigenvalue weighted by Crippen LogP contribution is -2.45. The van der Waals surface area contributed by atoms with Crippen molar-refractivity contribution in [1.82, 2.24) is 10.2 Å². The van der Waals surface area contributed by atoms with Crippen LogP contribution >= 0.6 is 0 Å². The van der Waals surface area contributed by atoms with Gasteiger partial charge in [-0.3, -0.25) is 4.90 Å². The first-order chi connectivity index (χ1) is 7.40. The van der Waals surface area contributed by atoms with Crippen molar-refractivity contribution in [2.24, 2.45) is 5.92 Å². The molecule has 88 valence electrons. The van der Waals surface area contributed by atoms with Crippen LogP contribution in [-0.4, -0.2) is 63.5 Å². The van der Waals surface area contributed by atoms with E-state index in [0.29, 0.717) is 12.0 Å². The Balaban J connectivity index is 1.76. The summed E-state index contributed by atoms with van der Waals surface area (Å²) in [5.74, 6) is 0.656. The molecule has 4 heteroatoms. The fraction of sp³-hybridized carbons (Fsp3) is 1.00. The van der Waals surface area contributed by atoms with Crippen molar-refractivity contribution in [2.75, 3.05) is 52.6 Å². The van der Waals surface area contributed by atoms with Gasteiger partial charge in [0.15, 0.2) is 0 Å². The van der Waals surface area contributed by atoms with Gasteiger partial charge in [0.2, 0.25) is 0 Å². The first-order valence-corrected chi connectivity index (χ1v) is 6.01. The van der Waals surface area contributed by atoms with Crippen LogP contribution in [0.15, 0.2) is 0 Å². The summed E-state index contributed by atoms with van der Waals surface area (Å²) in [6.45, 7) is 10.1. The van der Waals surface area contributed by atoms with E-state index in [1.807, 2.05) is 0 Å². The second-order valence-electron chi connectivity index (χ2n) is 4.37. The highest BCUT2D eigenvalue weighted by atomic mass is 16.5. The summed E-state index contributed by atoms with van der Waals surface area (Å²) in [6, 6.07) is 0.554. The van der Waals surface area contributed by atoms with Crippen LogP contribution in [0.4, 0.5) is 0 Å². The lowest BCUT2D eigenvalue weighted by atomic mass is 10.0. The normalized spacial score (nSPS) is 33.4. The van der Waals surface area contributed by atoms with Gasteiger partial charge in [-0.05, 0) is 6.54 Å². The molecule has 2 rings (SSSR count). The molecule has 0 aromatic heterocycles. The Morgan fingerprint density at radius 3 is 2.73 bits per heavy atom. The molecule has 0 aromatic carbocycles. The summed E-state index contributed by atoms with van der Waals surface area (Å²) >= 11 is 0. The molecule has 0 spiro atoms. The van der Waals surface area contributed by atoms with E-state index < -0.39 is 0 Å². The predicted molar refractivity (Wildman–Crippen MR) is 59.0 cm³/mol. The molecule has 2 atom stereocenters. The van der Waals surface area contributed by atoms with E-state index in [2.05, 4.69) is 17.1 Å². The molecule has 2 aliphatic heterocycles. The second-order valence-corrected chi connectivity index (χ2v) is 4.37. The van der Waals surface area contributed by atoms with E-state index in [1.54, 1.807) is 0 Å². The minimum atomic E-state index is 0.554. The van der Waals surface area contributed by atoms with E-state index in [1.165, 1.54) is 0 Å². The highest BCUT2D eigenvalue weighted by molar-refractivity contribution is 4.83. The largest absolute Gasteiger partial charge is 0.379 e. The van der Waals surface area contributed by atoms with Gasteiger partial charge in [0.05, 0.1) is 26.4 Å². The second kappa shape index (κ2) is 5.80. The average Bonchev–Trinajstić information content (AvgIpc) is 2.68. The van der Waals surface area contributed by atoms with Crippen molar-refractivity contribution in [3.63, 3.8) is 0 Å². The third-order valence-electron chi connectivity index (χ3n) is 3.26. The Morgan fingerprint density at radius 2 is 2.00 bits per heavy atom. The van der Waals surface area contributed by atoms with Crippen molar-refractivity contribution >= 4 is 0 Å². The van der Waals surface area contributed by atoms with E-state index in [9.17, 15) is 0 Å². The van der Waals surface area contributed by atoms with Crippen molar-refractivity contribution in [3.8, 4) is 0 Å². The number of hydrogen-bond donors (Lipinski definition) is 1. The molecular formula is C11H22N2O2. The molecule has 2 saturated heterocycles. The van der Waals surface area contributed by atoms with Crippen molar-refractivity contribution in [3.05, 3.63) is 0 Å². The number of nitrogens with zero attached hydrogens (tertiary/aromatic N) is 1. The summed E-state index contributed by atoms with van der Waals surface area (Å²) in [5, 5.41) is 3.50. The number of ether oxygens (including phenoxy) is 2. The van der Waals surface area contributed by atoms with Crippen LogP contribution in [0.1, 0.15) is 6.92 Å². The Bertz CT molecular complexity index is 183. The van der Waals surface area contributed by atoms with Gasteiger partial charge in [-0.25, -0.2) is 0 Å². The Kier molecular flexibility index (Phi) is 4.38. The summed E-state index contributed by atoms with van der Waals surface area (Å²) in [7, 11) is 0. The van der Waals surface area contributed by atoms with Crippen LogP contribution in [0.3, 0.4) is 0 Å². The van der Waals surface area contributed by atoms with Gasteiger partial charge in [0.1, 0.15) is 0 Å². The van der Waals surface area contributed by atoms with Crippen LogP contribution in [-0.2, 0) is 9.47 Å². The fourth-order valence-electron chi connectivity index (χ4n) is 2.38. The standard InChI is InChI=1S/C11H22N2O2/c1-2-12-11-9-15-8-10(11)7-13-3-5-14-6-4-13/h10-12H,2-9H2,1H3. The Hall–Kier alpha value is -0.160. The van der Waals surface area contributed by atoms with Gasteiger partial charge in [0, 0.05) is 31.6 Å². The third kappa shape index (κ3) is 3.14. The third-order valence-corrected chi connectivity index (χ3v) is 3.26. The number of morpholine rings is 1. The number of rotatable bonds is 4. The minimum Gasteiger partial charge on any atom is -0.379 e. The van der Waals surface area contributed by atoms with Crippen molar-refractivity contribution in [2.45, 2.75) is 13.0 Å². The number of hydrogen-bond acceptors (Lipinski definition) is 4. The summed E-state index contributed by atoms with van der Waals surface area (Å²) < 4.78 is 10.9. The molecule has 0 aromatic rings. The van der Waals surface area contributed by atoms with E-state index in [-0.39, 0.29) is 0 Å². The zero-order valence-corrected chi connectivity index (χ0v) is 9.58. The van der Waals surface area contributed by atoms with E-state index >= 15 is 0 Å². The van der Waals surface area contributed by atoms with Crippen LogP contribution in [0.5, 0.6) is 0 Å². The molecule has 2 heterocycles. The highest BCUT2D eigenvalue weighted by Gasteiger charge is 2.29. The first kappa shape index (κ1) is 11.3. The maximum atomic E-state index is 5.54. The van der Waals surface area contributed by atoms with Crippen LogP contribution in [0.2, 0.25) is 0 Å². The molecule has 0 radical (unpaired) electrons. The zero-order chi connectivity index (χ0) is 10.5. The molecule has 2 fully saturated rings. The topological polar surface area (TPSA) is 33.7 Å². The van der Waals surface area contributed by atoms with Crippen molar-refractivity contribution in [1.29, 1.82) is 0 Å². The predicted octanol–water partition coefficient (Wildman–Crippen LogP) is -0.0569. The maximum absolute atomic E-state index is 5.54. The molecule has 0 amide bonds. The number of likely N-dealkylation sites (N-methyl/N-ethyl adjacent to an activating group) is 1. The van der Waals surface area contributed by atoms with Gasteiger partial charge >= 0.3 is 0 Å². The summed E-state index contributed by atoms with van der Waals surface area (Å²) in [5.41, 5.74) is 0. The van der Waals surface area contributed by atoms with Gasteiger partial charge in [-0.2, -0.15) is 0 Å². The molecule has 2 unspecified atom stereocenters. The van der Waals surface area contributed by atoms with Gasteiger partial charge in [-0.1, -0.05) is 6.92 Å². The molecule has 0 saturated carbocycles. The van der Waals surface area contributed by atoms with Gasteiger partial charge in [0.25, 0.3) is 0 Å². The summed E-state index contributed by atoms with van der Waals surface area (Å²) in [6.07, 6.45) is 0. The molecule has 4 nitrogen and oxygen atoms in total. The average molecular weight is 214 g/mol. The van der Waals surface area contributed by atoms with Crippen molar-refractivity contribution < 1.29 is 9.47 Å². The van der Waals surface area contributed by atoms with Gasteiger partial charge in [-0.15, -0.1) is 0 Å². The summed E-state index contributed by atoms with van der Waals surface area (Å²) in [4.78, 5) is 2.49. The highest BCUT2D eigenvalue weighted by Crippen LogP contribution is 2.15. The van der Waals surface area contributed by atoms with E-state index in [0.717, 1.165) is 52.6 Å². The molecule has 15 heavy (non-hydrogen) atoms. The SMILES string of the molecule is CCNC1COCC1CN1CCOCC1. The Labute approximate surface area is 91.9 Å². The molecule has 0 aliphatic carbocycles. The fourth-order valence-corrected chi connectivity index (χ4v) is 2.38. The van der Waals surface area contributed by atoms with Crippen LogP contribution in [0.25, 0.3) is 0 Å². The maximum Gasteiger partial charge on any atom is 0.0623 e. The first-order valence-electron chi connectivity index (χ1n) is 6.01. The molecular weight excluding hydrogens is 192 g/mol. The molecule has 2 aliphatic rings. The molecule has 0 bridgehead atoms. The number of nitrogens with one attached hydrogen (secondary N) is 1. The minimum absolute atomic E-state index is 0.554. The Morgan fingerprint density at radius 1 is 1.20 bits per heavy atom.